The van der Waals surface area contributed by atoms with Crippen LogP contribution in [0.1, 0.15) is 5.56 Å². The Morgan fingerprint density at radius 1 is 1.00 bits per heavy atom. The Bertz CT molecular complexity index is 925. The van der Waals surface area contributed by atoms with Crippen LogP contribution in [0.5, 0.6) is 0 Å². The largest absolute Gasteiger partial charge is 0.369 e. The van der Waals surface area contributed by atoms with Gasteiger partial charge in [-0.3, -0.25) is 0 Å². The van der Waals surface area contributed by atoms with Gasteiger partial charge in [0.15, 0.2) is 0 Å². The van der Waals surface area contributed by atoms with Crippen LogP contribution in [0.4, 0.5) is 20.6 Å². The van der Waals surface area contributed by atoms with Crippen LogP contribution in [0, 0.1) is 12.7 Å². The zero-order valence-corrected chi connectivity index (χ0v) is 17.1. The molecule has 156 valence electrons. The van der Waals surface area contributed by atoms with Gasteiger partial charge in [0, 0.05) is 44.1 Å². The number of nitrogens with one attached hydrogen (secondary N) is 2. The quantitative estimate of drug-likeness (QED) is 0.752. The average Bonchev–Trinajstić information content (AvgIpc) is 2.70. The number of piperazine rings is 1. The summed E-state index contributed by atoms with van der Waals surface area (Å²) in [4.78, 5) is 13.9. The molecule has 9 heteroatoms. The van der Waals surface area contributed by atoms with Crippen molar-refractivity contribution in [2.24, 2.45) is 0 Å². The van der Waals surface area contributed by atoms with Crippen LogP contribution in [-0.2, 0) is 10.0 Å². The number of anilines is 2. The SMILES string of the molecule is Cc1ccc(NC(=O)NCCS(=O)(=O)N2CCN(c3ccc(F)cc3)CC2)cc1. The molecule has 2 amide bonds. The maximum atomic E-state index is 13.0. The Kier molecular flexibility index (Phi) is 6.71. The second kappa shape index (κ2) is 9.23. The first-order valence-electron chi connectivity index (χ1n) is 9.43. The van der Waals surface area contributed by atoms with E-state index in [2.05, 4.69) is 10.6 Å². The number of carbonyl (C=O) groups excluding carboxylic acids is 1. The minimum atomic E-state index is -3.47. The number of amides is 2. The Hall–Kier alpha value is -2.65. The number of urea groups is 1. The van der Waals surface area contributed by atoms with Gasteiger partial charge < -0.3 is 15.5 Å². The van der Waals surface area contributed by atoms with Crippen molar-refractivity contribution >= 4 is 27.4 Å². The Balaban J connectivity index is 1.43. The summed E-state index contributed by atoms with van der Waals surface area (Å²) in [6.45, 7) is 3.76. The van der Waals surface area contributed by atoms with E-state index in [0.717, 1.165) is 11.3 Å². The van der Waals surface area contributed by atoms with Crippen LogP contribution in [0.2, 0.25) is 0 Å². The lowest BCUT2D eigenvalue weighted by atomic mass is 10.2. The Morgan fingerprint density at radius 2 is 1.62 bits per heavy atom. The molecule has 0 atom stereocenters. The van der Waals surface area contributed by atoms with Crippen molar-refractivity contribution in [3.63, 3.8) is 0 Å². The number of hydrogen-bond donors (Lipinski definition) is 2. The van der Waals surface area contributed by atoms with Gasteiger partial charge in [0.25, 0.3) is 0 Å². The monoisotopic (exact) mass is 420 g/mol. The van der Waals surface area contributed by atoms with Crippen molar-refractivity contribution in [2.75, 3.05) is 48.7 Å². The van der Waals surface area contributed by atoms with Crippen molar-refractivity contribution in [3.05, 3.63) is 59.9 Å². The third kappa shape index (κ3) is 5.91. The summed E-state index contributed by atoms with van der Waals surface area (Å²) in [6, 6.07) is 13.1. The van der Waals surface area contributed by atoms with Crippen molar-refractivity contribution in [3.8, 4) is 0 Å². The zero-order valence-electron chi connectivity index (χ0n) is 16.3. The van der Waals surface area contributed by atoms with E-state index in [1.165, 1.54) is 16.4 Å². The molecule has 1 saturated heterocycles. The van der Waals surface area contributed by atoms with Crippen molar-refractivity contribution < 1.29 is 17.6 Å². The lowest BCUT2D eigenvalue weighted by Crippen LogP contribution is -2.50. The van der Waals surface area contributed by atoms with Crippen LogP contribution in [0.3, 0.4) is 0 Å². The highest BCUT2D eigenvalue weighted by atomic mass is 32.2. The van der Waals surface area contributed by atoms with Gasteiger partial charge in [0.05, 0.1) is 5.75 Å². The van der Waals surface area contributed by atoms with Gasteiger partial charge in [-0.05, 0) is 43.3 Å². The van der Waals surface area contributed by atoms with Crippen LogP contribution in [0.25, 0.3) is 0 Å². The number of carbonyl (C=O) groups is 1. The standard InChI is InChI=1S/C20H25FN4O3S/c1-16-2-6-18(7-3-16)23-20(26)22-10-15-29(27,28)25-13-11-24(12-14-25)19-8-4-17(21)5-9-19/h2-9H,10-15H2,1H3,(H2,22,23,26). The molecule has 0 unspecified atom stereocenters. The van der Waals surface area contributed by atoms with Gasteiger partial charge in [0.2, 0.25) is 10.0 Å². The maximum absolute atomic E-state index is 13.0. The number of halogens is 1. The minimum Gasteiger partial charge on any atom is -0.369 e. The summed E-state index contributed by atoms with van der Waals surface area (Å²) >= 11 is 0. The van der Waals surface area contributed by atoms with E-state index in [1.807, 2.05) is 24.0 Å². The maximum Gasteiger partial charge on any atom is 0.319 e. The van der Waals surface area contributed by atoms with Gasteiger partial charge in [-0.1, -0.05) is 17.7 Å². The summed E-state index contributed by atoms with van der Waals surface area (Å²) in [7, 11) is -3.47. The molecule has 0 radical (unpaired) electrons. The molecule has 1 aliphatic heterocycles. The topological polar surface area (TPSA) is 81.8 Å². The Morgan fingerprint density at radius 3 is 2.24 bits per heavy atom. The molecule has 0 aliphatic carbocycles. The van der Waals surface area contributed by atoms with Gasteiger partial charge in [0.1, 0.15) is 5.82 Å². The highest BCUT2D eigenvalue weighted by Gasteiger charge is 2.26. The zero-order chi connectivity index (χ0) is 20.9. The molecule has 1 aliphatic rings. The third-order valence-electron chi connectivity index (χ3n) is 4.78. The fourth-order valence-corrected chi connectivity index (χ4v) is 4.45. The molecular weight excluding hydrogens is 395 g/mol. The average molecular weight is 421 g/mol. The number of hydrogen-bond acceptors (Lipinski definition) is 4. The summed E-state index contributed by atoms with van der Waals surface area (Å²) in [6.07, 6.45) is 0. The smallest absolute Gasteiger partial charge is 0.319 e. The van der Waals surface area contributed by atoms with E-state index < -0.39 is 16.1 Å². The molecule has 0 saturated carbocycles. The number of aryl methyl sites for hydroxylation is 1. The summed E-state index contributed by atoms with van der Waals surface area (Å²) in [5.41, 5.74) is 2.60. The van der Waals surface area contributed by atoms with E-state index >= 15 is 0 Å². The molecule has 0 aromatic heterocycles. The molecule has 2 aromatic carbocycles. The first-order valence-corrected chi connectivity index (χ1v) is 11.0. The fraction of sp³-hybridized carbons (Fsp3) is 0.350. The number of sulfonamides is 1. The second-order valence-corrected chi connectivity index (χ2v) is 9.01. The van der Waals surface area contributed by atoms with Crippen LogP contribution < -0.4 is 15.5 Å². The molecular formula is C20H25FN4O3S. The first-order chi connectivity index (χ1) is 13.8. The lowest BCUT2D eigenvalue weighted by molar-refractivity contribution is 0.252. The third-order valence-corrected chi connectivity index (χ3v) is 6.65. The number of nitrogens with zero attached hydrogens (tertiary/aromatic N) is 2. The molecule has 2 N–H and O–H groups in total. The molecule has 7 nitrogen and oxygen atoms in total. The van der Waals surface area contributed by atoms with Gasteiger partial charge >= 0.3 is 6.03 Å². The predicted molar refractivity (Wildman–Crippen MR) is 112 cm³/mol. The summed E-state index contributed by atoms with van der Waals surface area (Å²) in [5, 5.41) is 5.25. The van der Waals surface area contributed by atoms with E-state index in [-0.39, 0.29) is 18.1 Å². The van der Waals surface area contributed by atoms with Crippen molar-refractivity contribution in [1.82, 2.24) is 9.62 Å². The second-order valence-electron chi connectivity index (χ2n) is 6.93. The summed E-state index contributed by atoms with van der Waals surface area (Å²) in [5.74, 6) is -0.459. The van der Waals surface area contributed by atoms with Crippen LogP contribution in [0.15, 0.2) is 48.5 Å². The van der Waals surface area contributed by atoms with Gasteiger partial charge in [-0.25, -0.2) is 17.6 Å². The van der Waals surface area contributed by atoms with Crippen molar-refractivity contribution in [2.45, 2.75) is 6.92 Å². The van der Waals surface area contributed by atoms with E-state index in [9.17, 15) is 17.6 Å². The number of benzene rings is 2. The predicted octanol–water partition coefficient (Wildman–Crippen LogP) is 2.41. The number of rotatable bonds is 6. The highest BCUT2D eigenvalue weighted by molar-refractivity contribution is 7.89. The Labute approximate surface area is 170 Å². The van der Waals surface area contributed by atoms with Crippen LogP contribution >= 0.6 is 0 Å². The molecule has 3 rings (SSSR count). The van der Waals surface area contributed by atoms with E-state index in [1.54, 1.807) is 24.3 Å². The molecule has 0 bridgehead atoms. The molecule has 2 aromatic rings. The van der Waals surface area contributed by atoms with E-state index in [4.69, 9.17) is 0 Å². The molecule has 0 spiro atoms. The molecule has 1 fully saturated rings. The lowest BCUT2D eigenvalue weighted by Gasteiger charge is -2.35. The van der Waals surface area contributed by atoms with Crippen molar-refractivity contribution in [1.29, 1.82) is 0 Å². The summed E-state index contributed by atoms with van der Waals surface area (Å²) < 4.78 is 39.6. The van der Waals surface area contributed by atoms with Gasteiger partial charge in [-0.2, -0.15) is 4.31 Å². The first kappa shape index (κ1) is 21.1. The van der Waals surface area contributed by atoms with Crippen LogP contribution in [-0.4, -0.2) is 57.2 Å². The van der Waals surface area contributed by atoms with E-state index in [0.29, 0.717) is 31.9 Å². The minimum absolute atomic E-state index is 0.0260. The molecule has 1 heterocycles. The molecule has 29 heavy (non-hydrogen) atoms. The normalized spacial score (nSPS) is 15.2. The highest BCUT2D eigenvalue weighted by Crippen LogP contribution is 2.18. The van der Waals surface area contributed by atoms with Gasteiger partial charge in [-0.15, -0.1) is 0 Å². The fourth-order valence-electron chi connectivity index (χ4n) is 3.11.